The smallest absolute Gasteiger partial charge is 0.338 e. The maximum Gasteiger partial charge on any atom is 0.338 e. The van der Waals surface area contributed by atoms with Crippen molar-refractivity contribution in [2.45, 2.75) is 43.1 Å². The van der Waals surface area contributed by atoms with Gasteiger partial charge in [-0.2, -0.15) is 0 Å². The summed E-state index contributed by atoms with van der Waals surface area (Å²) in [5, 5.41) is 10.9. The molecule has 0 amide bonds. The Bertz CT molecular complexity index is 1000. The van der Waals surface area contributed by atoms with Gasteiger partial charge in [-0.25, -0.2) is 4.79 Å². The number of hydrogen-bond acceptors (Lipinski definition) is 4. The van der Waals surface area contributed by atoms with Gasteiger partial charge in [-0.15, -0.1) is 0 Å². The van der Waals surface area contributed by atoms with Crippen LogP contribution in [0.3, 0.4) is 0 Å². The maximum absolute atomic E-state index is 13.1. The first-order chi connectivity index (χ1) is 13.6. The quantitative estimate of drug-likeness (QED) is 0.334. The number of rotatable bonds is 3. The Kier molecular flexibility index (Phi) is 3.16. The van der Waals surface area contributed by atoms with Gasteiger partial charge in [0, 0.05) is 29.9 Å². The fourth-order valence-corrected chi connectivity index (χ4v) is 7.16. The van der Waals surface area contributed by atoms with E-state index in [1.165, 1.54) is 48.2 Å². The minimum atomic E-state index is -0.452. The van der Waals surface area contributed by atoms with E-state index in [4.69, 9.17) is 4.74 Å². The molecule has 5 nitrogen and oxygen atoms in total. The lowest BCUT2D eigenvalue weighted by atomic mass is 9.65. The Labute approximate surface area is 162 Å². The molecule has 2 aromatic rings. The number of benzene rings is 2. The van der Waals surface area contributed by atoms with Crippen LogP contribution < -0.4 is 0 Å². The summed E-state index contributed by atoms with van der Waals surface area (Å²) in [6.07, 6.45) is 4.64. The van der Waals surface area contributed by atoms with E-state index in [1.54, 1.807) is 0 Å². The molecule has 4 aliphatic rings. The van der Waals surface area contributed by atoms with Gasteiger partial charge < -0.3 is 4.74 Å². The summed E-state index contributed by atoms with van der Waals surface area (Å²) >= 11 is 0. The van der Waals surface area contributed by atoms with Crippen LogP contribution in [0, 0.1) is 27.9 Å². The number of ether oxygens (including phenoxy) is 1. The van der Waals surface area contributed by atoms with Gasteiger partial charge in [-0.05, 0) is 60.8 Å². The molecule has 6 rings (SSSR count). The van der Waals surface area contributed by atoms with Crippen molar-refractivity contribution in [3.05, 3.63) is 75.3 Å². The average Bonchev–Trinajstić information content (AvgIpc) is 3.46. The highest BCUT2D eigenvalue weighted by Gasteiger charge is 2.72. The molecular weight excluding hydrogens is 354 g/mol. The molecule has 3 fully saturated rings. The summed E-state index contributed by atoms with van der Waals surface area (Å²) < 4.78 is 6.43. The Hall–Kier alpha value is -2.69. The molecule has 0 radical (unpaired) electrons. The number of carbonyl (C=O) groups is 1. The van der Waals surface area contributed by atoms with Gasteiger partial charge in [-0.1, -0.05) is 24.3 Å². The molecule has 6 atom stereocenters. The molecule has 4 aliphatic carbocycles. The number of nitrogens with zero attached hydrogens (tertiary/aromatic N) is 1. The predicted molar refractivity (Wildman–Crippen MR) is 102 cm³/mol. The topological polar surface area (TPSA) is 69.4 Å². The zero-order valence-corrected chi connectivity index (χ0v) is 15.4. The first-order valence-electron chi connectivity index (χ1n) is 10.2. The first kappa shape index (κ1) is 16.3. The standard InChI is InChI=1S/C23H21NO4/c25-22(13-6-9-16(10-7-13)24(26)27)28-23-15-8-5-14(11-15)21(23)19-12-20(23)18-4-2-1-3-17(18)19/h1-4,6-7,9-10,14-15,19-21H,5,8,11-12H2/t14-,15-,19-,20-,21-,23+/m0/s1. The molecule has 0 aliphatic heterocycles. The van der Waals surface area contributed by atoms with Crippen LogP contribution >= 0.6 is 0 Å². The van der Waals surface area contributed by atoms with Gasteiger partial charge in [0.15, 0.2) is 0 Å². The molecule has 2 aromatic carbocycles. The fraction of sp³-hybridized carbons (Fsp3) is 0.435. The molecule has 0 unspecified atom stereocenters. The van der Waals surface area contributed by atoms with E-state index in [2.05, 4.69) is 24.3 Å². The zero-order valence-electron chi connectivity index (χ0n) is 15.4. The van der Waals surface area contributed by atoms with Crippen LogP contribution in [0.5, 0.6) is 0 Å². The molecule has 142 valence electrons. The second-order valence-corrected chi connectivity index (χ2v) is 8.87. The monoisotopic (exact) mass is 375 g/mol. The third-order valence-corrected chi connectivity index (χ3v) is 7.96. The summed E-state index contributed by atoms with van der Waals surface area (Å²) in [6.45, 7) is 0. The predicted octanol–water partition coefficient (Wildman–Crippen LogP) is 4.82. The SMILES string of the molecule is O=C(O[C@@]12[C@H]3CC[C@@H](C3)[C@H]1[C@H]1C[C@H]2c2ccccc21)c1ccc([N+](=O)[O-])cc1. The zero-order chi connectivity index (χ0) is 19.0. The lowest BCUT2D eigenvalue weighted by molar-refractivity contribution is -0.384. The molecule has 3 saturated carbocycles. The van der Waals surface area contributed by atoms with E-state index >= 15 is 0 Å². The molecule has 5 heteroatoms. The van der Waals surface area contributed by atoms with E-state index in [-0.39, 0.29) is 23.2 Å². The van der Waals surface area contributed by atoms with Crippen LogP contribution in [0.1, 0.15) is 59.0 Å². The molecule has 0 heterocycles. The maximum atomic E-state index is 13.1. The molecule has 28 heavy (non-hydrogen) atoms. The summed E-state index contributed by atoms with van der Waals surface area (Å²) in [4.78, 5) is 23.5. The highest BCUT2D eigenvalue weighted by molar-refractivity contribution is 5.90. The largest absolute Gasteiger partial charge is 0.454 e. The Balaban J connectivity index is 1.38. The summed E-state index contributed by atoms with van der Waals surface area (Å²) in [5.41, 5.74) is 2.83. The highest BCUT2D eigenvalue weighted by atomic mass is 16.6. The molecule has 0 N–H and O–H groups in total. The number of non-ortho nitro benzene ring substituents is 1. The van der Waals surface area contributed by atoms with Crippen molar-refractivity contribution in [3.63, 3.8) is 0 Å². The van der Waals surface area contributed by atoms with Crippen LogP contribution in [0.25, 0.3) is 0 Å². The lowest BCUT2D eigenvalue weighted by Crippen LogP contribution is -2.50. The third kappa shape index (κ3) is 1.89. The molecule has 0 aromatic heterocycles. The number of carbonyl (C=O) groups excluding carboxylic acids is 1. The van der Waals surface area contributed by atoms with E-state index in [0.717, 1.165) is 12.8 Å². The van der Waals surface area contributed by atoms with Gasteiger partial charge in [0.05, 0.1) is 10.5 Å². The molecule has 0 saturated heterocycles. The van der Waals surface area contributed by atoms with E-state index in [1.807, 2.05) is 0 Å². The van der Waals surface area contributed by atoms with Crippen LogP contribution in [-0.4, -0.2) is 16.5 Å². The number of fused-ring (bicyclic) bond motifs is 12. The average molecular weight is 375 g/mol. The number of hydrogen-bond donors (Lipinski definition) is 0. The van der Waals surface area contributed by atoms with Crippen molar-refractivity contribution >= 4 is 11.7 Å². The summed E-state index contributed by atoms with van der Waals surface area (Å²) in [6, 6.07) is 14.5. The van der Waals surface area contributed by atoms with Gasteiger partial charge in [-0.3, -0.25) is 10.1 Å². The molecule has 0 spiro atoms. The van der Waals surface area contributed by atoms with E-state index in [9.17, 15) is 14.9 Å². The van der Waals surface area contributed by atoms with Crippen molar-refractivity contribution in [2.24, 2.45) is 17.8 Å². The summed E-state index contributed by atoms with van der Waals surface area (Å²) in [5.74, 6) is 1.97. The van der Waals surface area contributed by atoms with Crippen molar-refractivity contribution in [2.75, 3.05) is 0 Å². The van der Waals surface area contributed by atoms with Gasteiger partial charge in [0.2, 0.25) is 0 Å². The second-order valence-electron chi connectivity index (χ2n) is 8.87. The Morgan fingerprint density at radius 1 is 1.04 bits per heavy atom. The van der Waals surface area contributed by atoms with Gasteiger partial charge in [0.1, 0.15) is 5.60 Å². The lowest BCUT2D eigenvalue weighted by Gasteiger charge is -2.46. The van der Waals surface area contributed by atoms with Crippen molar-refractivity contribution < 1.29 is 14.5 Å². The Morgan fingerprint density at radius 3 is 2.54 bits per heavy atom. The van der Waals surface area contributed by atoms with Crippen LogP contribution in [-0.2, 0) is 4.74 Å². The van der Waals surface area contributed by atoms with Crippen molar-refractivity contribution in [3.8, 4) is 0 Å². The molecule has 4 bridgehead atoms. The summed E-state index contributed by atoms with van der Waals surface area (Å²) in [7, 11) is 0. The third-order valence-electron chi connectivity index (χ3n) is 7.96. The number of nitro groups is 1. The fourth-order valence-electron chi connectivity index (χ4n) is 7.16. The second kappa shape index (κ2) is 5.43. The van der Waals surface area contributed by atoms with Crippen LogP contribution in [0.15, 0.2) is 48.5 Å². The van der Waals surface area contributed by atoms with Gasteiger partial charge >= 0.3 is 5.97 Å². The normalized spacial score (nSPS) is 36.2. The van der Waals surface area contributed by atoms with E-state index < -0.39 is 4.92 Å². The van der Waals surface area contributed by atoms with Gasteiger partial charge in [0.25, 0.3) is 5.69 Å². The first-order valence-corrected chi connectivity index (χ1v) is 10.2. The van der Waals surface area contributed by atoms with Crippen molar-refractivity contribution in [1.82, 2.24) is 0 Å². The minimum absolute atomic E-state index is 0.0126. The minimum Gasteiger partial charge on any atom is -0.454 e. The number of esters is 1. The molecular formula is C23H21NO4. The van der Waals surface area contributed by atoms with Crippen molar-refractivity contribution in [1.29, 1.82) is 0 Å². The van der Waals surface area contributed by atoms with Crippen LogP contribution in [0.2, 0.25) is 0 Å². The Morgan fingerprint density at radius 2 is 1.79 bits per heavy atom. The van der Waals surface area contributed by atoms with Crippen LogP contribution in [0.4, 0.5) is 5.69 Å². The van der Waals surface area contributed by atoms with E-state index in [0.29, 0.717) is 29.2 Å². The number of nitro benzene ring substituents is 1. The highest BCUT2D eigenvalue weighted by Crippen LogP contribution is 2.74.